The molecular weight excluding hydrogens is 448 g/mol. The average Bonchev–Trinajstić information content (AvgIpc) is 3.19. The van der Waals surface area contributed by atoms with Gasteiger partial charge < -0.3 is 10.3 Å². The minimum atomic E-state index is -3.65. The lowest BCUT2D eigenvalue weighted by Gasteiger charge is -2.24. The number of carbonyl (C=O) groups is 1. The van der Waals surface area contributed by atoms with Gasteiger partial charge in [-0.3, -0.25) is 9.52 Å². The molecule has 30 heavy (non-hydrogen) atoms. The molecule has 1 saturated heterocycles. The molecule has 0 saturated carbocycles. The molecule has 1 fully saturated rings. The number of nitrogens with one attached hydrogen (secondary N) is 3. The number of aromatic amines is 1. The number of aromatic nitrogens is 1. The number of sulfonamides is 2. The van der Waals surface area contributed by atoms with Gasteiger partial charge in [-0.05, 0) is 24.6 Å². The predicted octanol–water partition coefficient (Wildman–Crippen LogP) is 1.61. The summed E-state index contributed by atoms with van der Waals surface area (Å²) in [5.41, 5.74) is 1.06. The van der Waals surface area contributed by atoms with Gasteiger partial charge in [-0.15, -0.1) is 0 Å². The van der Waals surface area contributed by atoms with Crippen LogP contribution in [0, 0.1) is 0 Å². The van der Waals surface area contributed by atoms with E-state index < -0.39 is 32.0 Å². The lowest BCUT2D eigenvalue weighted by atomic mass is 10.1. The van der Waals surface area contributed by atoms with Crippen LogP contribution in [0.5, 0.6) is 0 Å². The lowest BCUT2D eigenvalue weighted by molar-refractivity contribution is 0.0935. The van der Waals surface area contributed by atoms with E-state index in [2.05, 4.69) is 15.0 Å². The van der Waals surface area contributed by atoms with E-state index in [-0.39, 0.29) is 10.6 Å². The molecule has 164 valence electrons. The van der Waals surface area contributed by atoms with Gasteiger partial charge in [0.1, 0.15) is 10.6 Å². The summed E-state index contributed by atoms with van der Waals surface area (Å²) in [7, 11) is -7.13. The molecule has 3 rings (SSSR count). The van der Waals surface area contributed by atoms with E-state index in [0.29, 0.717) is 24.3 Å². The number of H-pyrrole nitrogens is 1. The van der Waals surface area contributed by atoms with Crippen molar-refractivity contribution in [3.05, 3.63) is 47.8 Å². The van der Waals surface area contributed by atoms with Crippen molar-refractivity contribution in [1.82, 2.24) is 14.6 Å². The number of hydrogen-bond donors (Lipinski definition) is 3. The molecule has 1 atom stereocenters. The largest absolute Gasteiger partial charge is 0.356 e. The highest BCUT2D eigenvalue weighted by Crippen LogP contribution is 2.24. The average molecular weight is 473 g/mol. The summed E-state index contributed by atoms with van der Waals surface area (Å²) in [6.45, 7) is 2.61. The third-order valence-corrected chi connectivity index (χ3v) is 7.99. The van der Waals surface area contributed by atoms with Crippen LogP contribution < -0.4 is 10.0 Å². The number of nitrogens with zero attached hydrogens (tertiary/aromatic N) is 1. The Morgan fingerprint density at radius 1 is 1.17 bits per heavy atom. The van der Waals surface area contributed by atoms with Gasteiger partial charge in [-0.2, -0.15) is 16.1 Å². The quantitative estimate of drug-likeness (QED) is 0.562. The van der Waals surface area contributed by atoms with Gasteiger partial charge >= 0.3 is 0 Å². The van der Waals surface area contributed by atoms with Crippen molar-refractivity contribution in [1.29, 1.82) is 0 Å². The first-order valence-electron chi connectivity index (χ1n) is 9.22. The van der Waals surface area contributed by atoms with Crippen LogP contribution in [0.1, 0.15) is 29.0 Å². The molecule has 2 heterocycles. The molecule has 3 N–H and O–H groups in total. The van der Waals surface area contributed by atoms with Crippen molar-refractivity contribution in [2.45, 2.75) is 17.9 Å². The second-order valence-electron chi connectivity index (χ2n) is 6.92. The van der Waals surface area contributed by atoms with Crippen LogP contribution in [0.3, 0.4) is 0 Å². The Balaban J connectivity index is 1.75. The van der Waals surface area contributed by atoms with Crippen LogP contribution in [-0.2, 0) is 20.0 Å². The first kappa shape index (κ1) is 22.7. The molecule has 9 nitrogen and oxygen atoms in total. The zero-order valence-electron chi connectivity index (χ0n) is 16.6. The van der Waals surface area contributed by atoms with Crippen LogP contribution >= 0.6 is 11.8 Å². The van der Waals surface area contributed by atoms with Crippen molar-refractivity contribution in [3.63, 3.8) is 0 Å². The molecule has 0 radical (unpaired) electrons. The van der Waals surface area contributed by atoms with E-state index in [1.807, 2.05) is 0 Å². The fourth-order valence-electron chi connectivity index (χ4n) is 3.11. The first-order valence-corrected chi connectivity index (χ1v) is 13.7. The van der Waals surface area contributed by atoms with Crippen molar-refractivity contribution < 1.29 is 21.6 Å². The minimum Gasteiger partial charge on any atom is -0.356 e. The number of amides is 1. The van der Waals surface area contributed by atoms with E-state index in [9.17, 15) is 21.6 Å². The molecule has 2 aromatic rings. The Kier molecular flexibility index (Phi) is 6.80. The highest BCUT2D eigenvalue weighted by atomic mass is 32.2. The van der Waals surface area contributed by atoms with Gasteiger partial charge in [0.2, 0.25) is 20.0 Å². The fourth-order valence-corrected chi connectivity index (χ4v) is 6.27. The van der Waals surface area contributed by atoms with E-state index in [1.54, 1.807) is 43.0 Å². The second-order valence-corrected chi connectivity index (χ2v) is 11.8. The van der Waals surface area contributed by atoms with Crippen molar-refractivity contribution in [2.75, 3.05) is 35.6 Å². The summed E-state index contributed by atoms with van der Waals surface area (Å²) >= 11 is 1.71. The first-order chi connectivity index (χ1) is 14.1. The smallest absolute Gasteiger partial charge is 0.268 e. The Bertz CT molecular complexity index is 1120. The van der Waals surface area contributed by atoms with Gasteiger partial charge in [-0.1, -0.05) is 18.2 Å². The topological polar surface area (TPSA) is 128 Å². The number of benzene rings is 1. The molecule has 1 aromatic heterocycles. The number of carbonyl (C=O) groups excluding carboxylic acids is 1. The molecule has 0 bridgehead atoms. The normalized spacial score (nSPS) is 16.7. The van der Waals surface area contributed by atoms with E-state index >= 15 is 0 Å². The minimum absolute atomic E-state index is 0.0475. The third kappa shape index (κ3) is 5.36. The zero-order valence-corrected chi connectivity index (χ0v) is 19.0. The fraction of sp³-hybridized carbons (Fsp3) is 0.389. The molecule has 1 aliphatic rings. The molecule has 1 unspecified atom stereocenters. The molecular formula is C18H24N4O5S3. The predicted molar refractivity (Wildman–Crippen MR) is 118 cm³/mol. The zero-order chi connectivity index (χ0) is 21.9. The standard InChI is InChI=1S/C18H24N4O5S3/c1-13(15-5-3-4-6-16(15)21-29(2,24)25)20-18(23)17-11-14(12-19-17)30(26,27)22-7-9-28-10-8-22/h3-6,11-13,19,21H,7-10H2,1-2H3,(H,20,23). The SMILES string of the molecule is CC(NC(=O)c1cc(S(=O)(=O)N2CCSCC2)c[nH]1)c1ccccc1NS(C)(=O)=O. The molecule has 1 amide bonds. The van der Waals surface area contributed by atoms with Crippen LogP contribution in [0.2, 0.25) is 0 Å². The summed E-state index contributed by atoms with van der Waals surface area (Å²) in [5, 5.41) is 2.77. The van der Waals surface area contributed by atoms with E-state index in [1.165, 1.54) is 16.6 Å². The maximum atomic E-state index is 12.7. The van der Waals surface area contributed by atoms with Gasteiger partial charge in [0.15, 0.2) is 0 Å². The third-order valence-electron chi connectivity index (χ3n) is 4.58. The van der Waals surface area contributed by atoms with Gasteiger partial charge in [0.05, 0.1) is 18.0 Å². The van der Waals surface area contributed by atoms with Crippen molar-refractivity contribution in [3.8, 4) is 0 Å². The molecule has 1 aromatic carbocycles. The monoisotopic (exact) mass is 472 g/mol. The van der Waals surface area contributed by atoms with Crippen LogP contribution in [-0.4, -0.2) is 62.9 Å². The van der Waals surface area contributed by atoms with Crippen LogP contribution in [0.25, 0.3) is 0 Å². The summed E-state index contributed by atoms with van der Waals surface area (Å²) in [5.74, 6) is 0.998. The Hall–Kier alpha value is -2.02. The number of anilines is 1. The maximum absolute atomic E-state index is 12.7. The van der Waals surface area contributed by atoms with Gasteiger partial charge in [0, 0.05) is 30.8 Å². The highest BCUT2D eigenvalue weighted by Gasteiger charge is 2.28. The van der Waals surface area contributed by atoms with Crippen molar-refractivity contribution in [2.24, 2.45) is 0 Å². The van der Waals surface area contributed by atoms with Crippen LogP contribution in [0.4, 0.5) is 5.69 Å². The lowest BCUT2D eigenvalue weighted by Crippen LogP contribution is -2.37. The van der Waals surface area contributed by atoms with Crippen molar-refractivity contribution >= 4 is 43.4 Å². The maximum Gasteiger partial charge on any atom is 0.268 e. The summed E-state index contributed by atoms with van der Waals surface area (Å²) in [4.78, 5) is 15.4. The van der Waals surface area contributed by atoms with E-state index in [0.717, 1.165) is 17.8 Å². The van der Waals surface area contributed by atoms with Gasteiger partial charge in [0.25, 0.3) is 5.91 Å². The summed E-state index contributed by atoms with van der Waals surface area (Å²) in [6, 6.07) is 7.53. The van der Waals surface area contributed by atoms with Crippen LogP contribution in [0.15, 0.2) is 41.4 Å². The number of para-hydroxylation sites is 1. The summed E-state index contributed by atoms with van der Waals surface area (Å²) < 4.78 is 52.5. The van der Waals surface area contributed by atoms with Gasteiger partial charge in [-0.25, -0.2) is 16.8 Å². The Morgan fingerprint density at radius 2 is 1.83 bits per heavy atom. The second kappa shape index (κ2) is 9.00. The number of rotatable bonds is 7. The Labute approximate surface area is 180 Å². The molecule has 0 spiro atoms. The Morgan fingerprint density at radius 3 is 2.50 bits per heavy atom. The molecule has 12 heteroatoms. The number of hydrogen-bond acceptors (Lipinski definition) is 6. The summed E-state index contributed by atoms with van der Waals surface area (Å²) in [6.07, 6.45) is 2.37. The molecule has 0 aliphatic carbocycles. The molecule has 1 aliphatic heterocycles. The van der Waals surface area contributed by atoms with E-state index in [4.69, 9.17) is 0 Å². The number of thioether (sulfide) groups is 1. The highest BCUT2D eigenvalue weighted by molar-refractivity contribution is 7.99.